The largest absolute Gasteiger partial charge is 0.313 e. The van der Waals surface area contributed by atoms with E-state index in [0.29, 0.717) is 23.5 Å². The van der Waals surface area contributed by atoms with Gasteiger partial charge in [0, 0.05) is 19.1 Å². The number of hydrogen-bond donors (Lipinski definition) is 1. The van der Waals surface area contributed by atoms with E-state index in [4.69, 9.17) is 0 Å². The molecule has 0 amide bonds. The first-order chi connectivity index (χ1) is 8.59. The summed E-state index contributed by atoms with van der Waals surface area (Å²) in [6, 6.07) is 0.593. The molecule has 5 heteroatoms. The molecule has 0 bridgehead atoms. The minimum absolute atomic E-state index is 0.371. The van der Waals surface area contributed by atoms with E-state index in [0.717, 1.165) is 32.6 Å². The van der Waals surface area contributed by atoms with Crippen LogP contribution in [0.3, 0.4) is 0 Å². The maximum absolute atomic E-state index is 11.5. The van der Waals surface area contributed by atoms with Crippen molar-refractivity contribution in [2.75, 3.05) is 37.7 Å². The molecule has 0 aromatic rings. The second kappa shape index (κ2) is 6.35. The highest BCUT2D eigenvalue weighted by Crippen LogP contribution is 2.20. The van der Waals surface area contributed by atoms with Gasteiger partial charge in [-0.3, -0.25) is 0 Å². The van der Waals surface area contributed by atoms with E-state index in [1.165, 1.54) is 19.3 Å². The summed E-state index contributed by atoms with van der Waals surface area (Å²) >= 11 is 0. The lowest BCUT2D eigenvalue weighted by atomic mass is 10.1. The molecule has 2 saturated heterocycles. The molecule has 0 aromatic heterocycles. The Morgan fingerprint density at radius 2 is 2.22 bits per heavy atom. The standard InChI is InChI=1S/C13H26N2O2S/c1-2-4-13-10-15(7-3-6-14-13)9-12-5-8-18(16,17)11-12/h12-14H,2-11H2,1H3. The summed E-state index contributed by atoms with van der Waals surface area (Å²) in [5.41, 5.74) is 0. The van der Waals surface area contributed by atoms with E-state index < -0.39 is 9.84 Å². The smallest absolute Gasteiger partial charge is 0.150 e. The Hall–Kier alpha value is -0.130. The number of hydrogen-bond acceptors (Lipinski definition) is 4. The fourth-order valence-corrected chi connectivity index (χ4v) is 5.01. The van der Waals surface area contributed by atoms with Crippen molar-refractivity contribution in [3.8, 4) is 0 Å². The molecule has 2 fully saturated rings. The van der Waals surface area contributed by atoms with Gasteiger partial charge in [0.15, 0.2) is 9.84 Å². The van der Waals surface area contributed by atoms with Gasteiger partial charge in [-0.25, -0.2) is 8.42 Å². The van der Waals surface area contributed by atoms with Crippen LogP contribution in [0.1, 0.15) is 32.6 Å². The zero-order chi connectivity index (χ0) is 13.0. The Balaban J connectivity index is 1.84. The molecule has 0 aromatic carbocycles. The van der Waals surface area contributed by atoms with Crippen LogP contribution in [0.25, 0.3) is 0 Å². The predicted molar refractivity (Wildman–Crippen MR) is 74.5 cm³/mol. The molecule has 2 atom stereocenters. The van der Waals surface area contributed by atoms with Gasteiger partial charge in [-0.05, 0) is 38.3 Å². The molecule has 18 heavy (non-hydrogen) atoms. The molecule has 0 spiro atoms. The first kappa shape index (κ1) is 14.3. The summed E-state index contributed by atoms with van der Waals surface area (Å²) in [6.45, 7) is 6.50. The number of sulfone groups is 1. The topological polar surface area (TPSA) is 49.4 Å². The minimum Gasteiger partial charge on any atom is -0.313 e. The van der Waals surface area contributed by atoms with Gasteiger partial charge in [0.05, 0.1) is 11.5 Å². The van der Waals surface area contributed by atoms with Crippen molar-refractivity contribution in [1.82, 2.24) is 10.2 Å². The maximum Gasteiger partial charge on any atom is 0.150 e. The summed E-state index contributed by atoms with van der Waals surface area (Å²) in [7, 11) is -2.72. The van der Waals surface area contributed by atoms with Crippen LogP contribution in [-0.2, 0) is 9.84 Å². The highest BCUT2D eigenvalue weighted by Gasteiger charge is 2.30. The lowest BCUT2D eigenvalue weighted by molar-refractivity contribution is 0.231. The molecule has 0 radical (unpaired) electrons. The van der Waals surface area contributed by atoms with Gasteiger partial charge in [0.25, 0.3) is 0 Å². The number of nitrogens with one attached hydrogen (secondary N) is 1. The minimum atomic E-state index is -2.72. The highest BCUT2D eigenvalue weighted by atomic mass is 32.2. The second-order valence-electron chi connectivity index (χ2n) is 5.82. The summed E-state index contributed by atoms with van der Waals surface area (Å²) < 4.78 is 23.0. The highest BCUT2D eigenvalue weighted by molar-refractivity contribution is 7.91. The summed E-state index contributed by atoms with van der Waals surface area (Å²) in [5, 5.41) is 3.59. The summed E-state index contributed by atoms with van der Waals surface area (Å²) in [5.74, 6) is 1.19. The molecule has 2 aliphatic heterocycles. The normalized spacial score (nSPS) is 33.4. The van der Waals surface area contributed by atoms with Gasteiger partial charge >= 0.3 is 0 Å². The van der Waals surface area contributed by atoms with Gasteiger partial charge in [0.1, 0.15) is 0 Å². The van der Waals surface area contributed by atoms with Gasteiger partial charge in [-0.1, -0.05) is 13.3 Å². The molecule has 2 aliphatic rings. The number of rotatable bonds is 4. The molecule has 1 N–H and O–H groups in total. The van der Waals surface area contributed by atoms with Crippen molar-refractivity contribution in [3.63, 3.8) is 0 Å². The average Bonchev–Trinajstić information content (AvgIpc) is 2.50. The van der Waals surface area contributed by atoms with Gasteiger partial charge in [-0.2, -0.15) is 0 Å². The summed E-state index contributed by atoms with van der Waals surface area (Å²) in [6.07, 6.45) is 4.48. The van der Waals surface area contributed by atoms with Crippen LogP contribution in [0, 0.1) is 5.92 Å². The van der Waals surface area contributed by atoms with Gasteiger partial charge in [-0.15, -0.1) is 0 Å². The van der Waals surface area contributed by atoms with E-state index in [-0.39, 0.29) is 0 Å². The van der Waals surface area contributed by atoms with Crippen LogP contribution in [0.5, 0.6) is 0 Å². The molecule has 106 valence electrons. The Morgan fingerprint density at radius 1 is 1.39 bits per heavy atom. The van der Waals surface area contributed by atoms with Crippen LogP contribution < -0.4 is 5.32 Å². The first-order valence-corrected chi connectivity index (χ1v) is 9.07. The zero-order valence-electron chi connectivity index (χ0n) is 11.4. The third kappa shape index (κ3) is 4.21. The Bertz CT molecular complexity index is 356. The van der Waals surface area contributed by atoms with Crippen molar-refractivity contribution in [1.29, 1.82) is 0 Å². The third-order valence-corrected chi connectivity index (χ3v) is 5.88. The lowest BCUT2D eigenvalue weighted by Crippen LogP contribution is -2.39. The molecular formula is C13H26N2O2S. The van der Waals surface area contributed by atoms with Crippen LogP contribution in [0.15, 0.2) is 0 Å². The SMILES string of the molecule is CCCC1CN(CC2CCS(=O)(=O)C2)CCCN1. The third-order valence-electron chi connectivity index (χ3n) is 4.04. The monoisotopic (exact) mass is 274 g/mol. The lowest BCUT2D eigenvalue weighted by Gasteiger charge is -2.26. The van der Waals surface area contributed by atoms with Crippen LogP contribution in [-0.4, -0.2) is 57.0 Å². The van der Waals surface area contributed by atoms with Gasteiger partial charge < -0.3 is 10.2 Å². The fraction of sp³-hybridized carbons (Fsp3) is 1.00. The first-order valence-electron chi connectivity index (χ1n) is 7.25. The summed E-state index contributed by atoms with van der Waals surface area (Å²) in [4.78, 5) is 2.48. The molecule has 0 saturated carbocycles. The Kier molecular flexibility index (Phi) is 5.04. The van der Waals surface area contributed by atoms with Crippen molar-refractivity contribution in [2.24, 2.45) is 5.92 Å². The average molecular weight is 274 g/mol. The van der Waals surface area contributed by atoms with Crippen LogP contribution in [0.2, 0.25) is 0 Å². The van der Waals surface area contributed by atoms with Crippen LogP contribution in [0.4, 0.5) is 0 Å². The Labute approximate surface area is 111 Å². The second-order valence-corrected chi connectivity index (χ2v) is 8.05. The van der Waals surface area contributed by atoms with Crippen molar-refractivity contribution in [3.05, 3.63) is 0 Å². The quantitative estimate of drug-likeness (QED) is 0.827. The molecule has 2 rings (SSSR count). The molecule has 4 nitrogen and oxygen atoms in total. The molecular weight excluding hydrogens is 248 g/mol. The zero-order valence-corrected chi connectivity index (χ0v) is 12.2. The maximum atomic E-state index is 11.5. The fourth-order valence-electron chi connectivity index (χ4n) is 3.17. The van der Waals surface area contributed by atoms with E-state index in [2.05, 4.69) is 17.1 Å². The van der Waals surface area contributed by atoms with Crippen molar-refractivity contribution < 1.29 is 8.42 Å². The van der Waals surface area contributed by atoms with Crippen molar-refractivity contribution >= 4 is 9.84 Å². The van der Waals surface area contributed by atoms with E-state index in [9.17, 15) is 8.42 Å². The predicted octanol–water partition coefficient (Wildman–Crippen LogP) is 0.885. The molecule has 2 heterocycles. The van der Waals surface area contributed by atoms with Gasteiger partial charge in [0.2, 0.25) is 0 Å². The van der Waals surface area contributed by atoms with E-state index in [1.54, 1.807) is 0 Å². The number of nitrogens with zero attached hydrogens (tertiary/aromatic N) is 1. The molecule has 0 aliphatic carbocycles. The Morgan fingerprint density at radius 3 is 2.89 bits per heavy atom. The molecule has 2 unspecified atom stereocenters. The van der Waals surface area contributed by atoms with Crippen molar-refractivity contribution in [2.45, 2.75) is 38.6 Å². The van der Waals surface area contributed by atoms with E-state index in [1.807, 2.05) is 0 Å². The van der Waals surface area contributed by atoms with E-state index >= 15 is 0 Å². The van der Waals surface area contributed by atoms with Crippen LogP contribution >= 0.6 is 0 Å².